The Morgan fingerprint density at radius 1 is 1.06 bits per heavy atom. The predicted molar refractivity (Wildman–Crippen MR) is 184 cm³/mol. The van der Waals surface area contributed by atoms with Crippen LogP contribution in [-0.4, -0.2) is 128 Å². The number of amides is 1. The number of aromatic nitrogens is 1. The molecule has 3 aromatic rings. The van der Waals surface area contributed by atoms with Gasteiger partial charge in [-0.25, -0.2) is 8.42 Å². The van der Waals surface area contributed by atoms with E-state index in [0.29, 0.717) is 55.0 Å². The Hall–Kier alpha value is -4.01. The van der Waals surface area contributed by atoms with E-state index >= 15 is 0 Å². The second-order valence-corrected chi connectivity index (χ2v) is 14.4. The molecule has 0 saturated carbocycles. The number of benzene rings is 2. The first-order chi connectivity index (χ1) is 23.8. The number of carbonyl (C=O) groups is 1. The highest BCUT2D eigenvalue weighted by molar-refractivity contribution is 7.89. The first-order valence-corrected chi connectivity index (χ1v) is 17.9. The third kappa shape index (κ3) is 9.01. The Bertz CT molecular complexity index is 1820. The molecule has 2 aliphatic rings. The summed E-state index contributed by atoms with van der Waals surface area (Å²) in [5, 5.41) is 26.1. The Morgan fingerprint density at radius 2 is 1.78 bits per heavy atom. The van der Waals surface area contributed by atoms with Crippen molar-refractivity contribution in [3.63, 3.8) is 0 Å². The number of ether oxygens (including phenoxy) is 1. The lowest BCUT2D eigenvalue weighted by Gasteiger charge is -2.33. The number of β-amino-alcohol motifs (C(OH)–C–C–N with tert-alkyl or cyclic N) is 1. The molecule has 1 atom stereocenters. The van der Waals surface area contributed by atoms with Crippen molar-refractivity contribution in [3.05, 3.63) is 48.2 Å². The Kier molecular flexibility index (Phi) is 11.8. The van der Waals surface area contributed by atoms with Gasteiger partial charge in [-0.2, -0.15) is 17.5 Å². The SMILES string of the molecule is COc1cc(S(=O)(=O)N2CCN(C(C)=O)CC2)ccc1NCC#Cc1cc2c(NC3CCN(CC(O)CO)CC3)cccc2n1CC(F)(F)F. The second kappa shape index (κ2) is 15.9. The van der Waals surface area contributed by atoms with Gasteiger partial charge in [0.15, 0.2) is 0 Å². The van der Waals surface area contributed by atoms with Crippen LogP contribution in [0.2, 0.25) is 0 Å². The van der Waals surface area contributed by atoms with E-state index in [9.17, 15) is 31.5 Å². The van der Waals surface area contributed by atoms with E-state index in [2.05, 4.69) is 27.4 Å². The molecule has 1 aromatic heterocycles. The number of halogens is 3. The van der Waals surface area contributed by atoms with Crippen LogP contribution in [0.4, 0.5) is 24.5 Å². The van der Waals surface area contributed by atoms with Crippen LogP contribution in [0.5, 0.6) is 5.75 Å². The summed E-state index contributed by atoms with van der Waals surface area (Å²) in [6.45, 7) is 2.77. The second-order valence-electron chi connectivity index (χ2n) is 12.5. The number of likely N-dealkylation sites (tertiary alicyclic amines) is 1. The summed E-state index contributed by atoms with van der Waals surface area (Å²) < 4.78 is 75.6. The minimum absolute atomic E-state index is 0.0365. The number of nitrogens with one attached hydrogen (secondary N) is 2. The largest absolute Gasteiger partial charge is 0.495 e. The maximum Gasteiger partial charge on any atom is 0.406 e. The van der Waals surface area contributed by atoms with E-state index in [4.69, 9.17) is 9.84 Å². The zero-order chi connectivity index (χ0) is 36.1. The minimum Gasteiger partial charge on any atom is -0.495 e. The molecular formula is C34H43F3N6O6S. The summed E-state index contributed by atoms with van der Waals surface area (Å²) >= 11 is 0. The van der Waals surface area contributed by atoms with E-state index in [1.165, 1.54) is 30.5 Å². The number of aliphatic hydroxyl groups is 2. The van der Waals surface area contributed by atoms with E-state index in [-0.39, 0.29) is 54.5 Å². The van der Waals surface area contributed by atoms with Gasteiger partial charge in [0.25, 0.3) is 0 Å². The summed E-state index contributed by atoms with van der Waals surface area (Å²) in [6, 6.07) is 11.3. The lowest BCUT2D eigenvalue weighted by Crippen LogP contribution is -2.49. The molecule has 50 heavy (non-hydrogen) atoms. The number of fused-ring (bicyclic) bond motifs is 1. The molecule has 2 saturated heterocycles. The van der Waals surface area contributed by atoms with Gasteiger partial charge < -0.3 is 40.0 Å². The van der Waals surface area contributed by atoms with Gasteiger partial charge in [-0.05, 0) is 49.1 Å². The zero-order valence-electron chi connectivity index (χ0n) is 28.0. The number of sulfonamides is 1. The fourth-order valence-electron chi connectivity index (χ4n) is 6.34. The van der Waals surface area contributed by atoms with Crippen LogP contribution < -0.4 is 15.4 Å². The number of anilines is 2. The highest BCUT2D eigenvalue weighted by Crippen LogP contribution is 2.32. The number of rotatable bonds is 11. The number of aliphatic hydroxyl groups excluding tert-OH is 2. The molecule has 272 valence electrons. The molecule has 12 nitrogen and oxygen atoms in total. The first-order valence-electron chi connectivity index (χ1n) is 16.4. The Morgan fingerprint density at radius 3 is 2.42 bits per heavy atom. The number of hydrogen-bond acceptors (Lipinski definition) is 9. The quantitative estimate of drug-likeness (QED) is 0.220. The van der Waals surface area contributed by atoms with Crippen LogP contribution in [0.25, 0.3) is 10.9 Å². The normalized spacial score (nSPS) is 17.3. The van der Waals surface area contributed by atoms with Crippen molar-refractivity contribution in [2.75, 3.05) is 76.7 Å². The number of piperidine rings is 1. The number of hydrogen-bond donors (Lipinski definition) is 4. The van der Waals surface area contributed by atoms with Crippen LogP contribution in [-0.2, 0) is 21.4 Å². The summed E-state index contributed by atoms with van der Waals surface area (Å²) in [4.78, 5) is 15.3. The maximum absolute atomic E-state index is 13.7. The van der Waals surface area contributed by atoms with Gasteiger partial charge in [0.2, 0.25) is 15.9 Å². The van der Waals surface area contributed by atoms with E-state index < -0.39 is 28.8 Å². The third-order valence-electron chi connectivity index (χ3n) is 8.99. The Balaban J connectivity index is 1.29. The Labute approximate surface area is 289 Å². The molecule has 1 unspecified atom stereocenters. The summed E-state index contributed by atoms with van der Waals surface area (Å²) in [6.07, 6.45) is -3.74. The van der Waals surface area contributed by atoms with Crippen molar-refractivity contribution in [3.8, 4) is 17.6 Å². The molecule has 4 N–H and O–H groups in total. The van der Waals surface area contributed by atoms with Crippen molar-refractivity contribution in [1.82, 2.24) is 18.7 Å². The van der Waals surface area contributed by atoms with Gasteiger partial charge in [-0.3, -0.25) is 4.79 Å². The van der Waals surface area contributed by atoms with Crippen LogP contribution in [0.1, 0.15) is 25.5 Å². The van der Waals surface area contributed by atoms with Gasteiger partial charge in [-0.1, -0.05) is 12.0 Å². The van der Waals surface area contributed by atoms with Crippen molar-refractivity contribution in [1.29, 1.82) is 0 Å². The minimum atomic E-state index is -4.48. The number of nitrogens with zero attached hydrogens (tertiary/aromatic N) is 4. The maximum atomic E-state index is 13.7. The van der Waals surface area contributed by atoms with Gasteiger partial charge >= 0.3 is 6.18 Å². The molecule has 0 radical (unpaired) electrons. The van der Waals surface area contributed by atoms with Gasteiger partial charge in [0, 0.05) is 75.9 Å². The van der Waals surface area contributed by atoms with Crippen LogP contribution in [0, 0.1) is 11.8 Å². The van der Waals surface area contributed by atoms with Gasteiger partial charge in [0.05, 0.1) is 48.2 Å². The summed E-state index contributed by atoms with van der Waals surface area (Å²) in [5.41, 5.74) is 1.76. The number of alkyl halides is 3. The number of piperazine rings is 1. The van der Waals surface area contributed by atoms with Gasteiger partial charge in [-0.15, -0.1) is 0 Å². The van der Waals surface area contributed by atoms with E-state index in [0.717, 1.165) is 17.4 Å². The van der Waals surface area contributed by atoms with Crippen LogP contribution >= 0.6 is 0 Å². The molecule has 0 bridgehead atoms. The monoisotopic (exact) mass is 720 g/mol. The molecule has 2 aromatic carbocycles. The van der Waals surface area contributed by atoms with Crippen molar-refractivity contribution in [2.24, 2.45) is 0 Å². The van der Waals surface area contributed by atoms with Crippen LogP contribution in [0.3, 0.4) is 0 Å². The van der Waals surface area contributed by atoms with Crippen LogP contribution in [0.15, 0.2) is 47.4 Å². The molecule has 3 heterocycles. The molecule has 2 aliphatic heterocycles. The average Bonchev–Trinajstić information content (AvgIpc) is 3.43. The smallest absolute Gasteiger partial charge is 0.406 e. The molecule has 5 rings (SSSR count). The van der Waals surface area contributed by atoms with E-state index in [1.54, 1.807) is 29.2 Å². The first kappa shape index (κ1) is 37.3. The summed E-state index contributed by atoms with van der Waals surface area (Å²) in [5.74, 6) is 5.93. The number of carbonyl (C=O) groups excluding carboxylic acids is 1. The summed E-state index contributed by atoms with van der Waals surface area (Å²) in [7, 11) is -2.43. The van der Waals surface area contributed by atoms with Crippen molar-refractivity contribution >= 4 is 38.2 Å². The lowest BCUT2D eigenvalue weighted by atomic mass is 10.0. The standard InChI is InChI=1S/C34H43F3N6O6S/c1-24(45)41-15-17-42(18-16-41)50(47,48)28-8-9-31(33(20-28)49-2)38-12-4-5-26-19-29-30(6-3-7-32(29)43(26)23-34(35,36)37)39-25-10-13-40(14-11-25)21-27(46)22-44/h3,6-9,19-20,25,27,38-39,44,46H,10-18,21-23H2,1-2H3. The average molecular weight is 721 g/mol. The highest BCUT2D eigenvalue weighted by atomic mass is 32.2. The zero-order valence-corrected chi connectivity index (χ0v) is 28.9. The highest BCUT2D eigenvalue weighted by Gasteiger charge is 2.31. The van der Waals surface area contributed by atoms with Gasteiger partial charge in [0.1, 0.15) is 12.3 Å². The molecule has 2 fully saturated rings. The van der Waals surface area contributed by atoms with E-state index in [1.807, 2.05) is 6.07 Å². The molecule has 0 spiro atoms. The predicted octanol–water partition coefficient (Wildman–Crippen LogP) is 2.76. The number of methoxy groups -OCH3 is 1. The van der Waals surface area contributed by atoms with Crippen molar-refractivity contribution < 1.29 is 41.3 Å². The fraction of sp³-hybridized carbons (Fsp3) is 0.500. The molecule has 16 heteroatoms. The third-order valence-corrected chi connectivity index (χ3v) is 10.9. The van der Waals surface area contributed by atoms with Crippen molar-refractivity contribution in [2.45, 2.75) is 49.5 Å². The molecule has 0 aliphatic carbocycles. The topological polar surface area (TPSA) is 140 Å². The molecule has 1 amide bonds. The fourth-order valence-corrected chi connectivity index (χ4v) is 7.78. The lowest BCUT2D eigenvalue weighted by molar-refractivity contribution is -0.140. The molecular weight excluding hydrogens is 677 g/mol.